The molecule has 1 aromatic heterocycles. The summed E-state index contributed by atoms with van der Waals surface area (Å²) in [6.07, 6.45) is 2.05. The third-order valence-corrected chi connectivity index (χ3v) is 2.31. The highest BCUT2D eigenvalue weighted by Crippen LogP contribution is 2.16. The molecular weight excluding hydrogens is 254 g/mol. The Morgan fingerprint density at radius 3 is 2.60 bits per heavy atom. The Kier molecular flexibility index (Phi) is 4.17. The van der Waals surface area contributed by atoms with E-state index < -0.39 is 0 Å². The Balaban J connectivity index is 2.53. The lowest BCUT2D eigenvalue weighted by atomic mass is 10.1. The highest BCUT2D eigenvalue weighted by atomic mass is 79.9. The van der Waals surface area contributed by atoms with Gasteiger partial charge in [-0.25, -0.2) is 0 Å². The third-order valence-electron chi connectivity index (χ3n) is 1.88. The molecule has 0 bridgehead atoms. The number of furan rings is 1. The molecule has 1 N–H and O–H groups in total. The van der Waals surface area contributed by atoms with Gasteiger partial charge in [0.2, 0.25) is 0 Å². The van der Waals surface area contributed by atoms with Crippen molar-refractivity contribution in [1.29, 1.82) is 0 Å². The molecule has 0 aliphatic carbocycles. The highest BCUT2D eigenvalue weighted by Gasteiger charge is 2.08. The molecule has 1 rings (SSSR count). The van der Waals surface area contributed by atoms with Gasteiger partial charge in [-0.3, -0.25) is 0 Å². The van der Waals surface area contributed by atoms with Crippen molar-refractivity contribution in [2.75, 3.05) is 6.54 Å². The van der Waals surface area contributed by atoms with E-state index in [1.807, 2.05) is 18.2 Å². The second-order valence-electron chi connectivity index (χ2n) is 4.74. The molecule has 1 aromatic rings. The van der Waals surface area contributed by atoms with E-state index in [1.165, 1.54) is 5.57 Å². The van der Waals surface area contributed by atoms with Crippen molar-refractivity contribution in [3.8, 4) is 0 Å². The van der Waals surface area contributed by atoms with Gasteiger partial charge in [0, 0.05) is 12.1 Å². The van der Waals surface area contributed by atoms with E-state index in [9.17, 15) is 0 Å². The first kappa shape index (κ1) is 12.5. The second kappa shape index (κ2) is 4.99. The van der Waals surface area contributed by atoms with Gasteiger partial charge in [0.25, 0.3) is 0 Å². The van der Waals surface area contributed by atoms with Crippen LogP contribution in [0, 0.1) is 0 Å². The van der Waals surface area contributed by atoms with E-state index in [-0.39, 0.29) is 5.54 Å². The lowest BCUT2D eigenvalue weighted by Gasteiger charge is -2.20. The zero-order valence-electron chi connectivity index (χ0n) is 9.73. The third kappa shape index (κ3) is 5.19. The second-order valence-corrected chi connectivity index (χ2v) is 5.52. The minimum atomic E-state index is 0.152. The number of hydrogen-bond donors (Lipinski definition) is 1. The molecule has 0 fully saturated rings. The molecule has 0 saturated heterocycles. The maximum Gasteiger partial charge on any atom is 0.169 e. The Hall–Kier alpha value is -0.540. The van der Waals surface area contributed by atoms with Crippen LogP contribution in [-0.4, -0.2) is 12.1 Å². The predicted molar refractivity (Wildman–Crippen MR) is 67.8 cm³/mol. The largest absolute Gasteiger partial charge is 0.450 e. The highest BCUT2D eigenvalue weighted by molar-refractivity contribution is 9.10. The molecule has 2 nitrogen and oxygen atoms in total. The Bertz CT molecular complexity index is 347. The minimum Gasteiger partial charge on any atom is -0.450 e. The summed E-state index contributed by atoms with van der Waals surface area (Å²) in [5, 5.41) is 3.43. The number of rotatable bonds is 3. The van der Waals surface area contributed by atoms with E-state index in [1.54, 1.807) is 0 Å². The van der Waals surface area contributed by atoms with Gasteiger partial charge in [0.05, 0.1) is 0 Å². The zero-order chi connectivity index (χ0) is 11.5. The molecule has 0 radical (unpaired) electrons. The Morgan fingerprint density at radius 2 is 2.13 bits per heavy atom. The van der Waals surface area contributed by atoms with Crippen LogP contribution in [0.4, 0.5) is 0 Å². The number of hydrogen-bond acceptors (Lipinski definition) is 2. The molecule has 3 heteroatoms. The topological polar surface area (TPSA) is 25.2 Å². The lowest BCUT2D eigenvalue weighted by Crippen LogP contribution is -2.36. The SMILES string of the molecule is CC(=Cc1ccc(Br)o1)CNC(C)(C)C. The Morgan fingerprint density at radius 1 is 1.47 bits per heavy atom. The van der Waals surface area contributed by atoms with Gasteiger partial charge in [0.1, 0.15) is 5.76 Å². The van der Waals surface area contributed by atoms with E-state index in [4.69, 9.17) is 4.42 Å². The maximum absolute atomic E-state index is 5.40. The van der Waals surface area contributed by atoms with Crippen LogP contribution in [0.15, 0.2) is 26.8 Å². The molecule has 0 saturated carbocycles. The van der Waals surface area contributed by atoms with Gasteiger partial charge in [-0.1, -0.05) is 5.57 Å². The molecular formula is C12H18BrNO. The Labute approximate surface area is 99.9 Å². The zero-order valence-corrected chi connectivity index (χ0v) is 11.3. The average Bonchev–Trinajstić information content (AvgIpc) is 2.47. The summed E-state index contributed by atoms with van der Waals surface area (Å²) in [4.78, 5) is 0. The fourth-order valence-electron chi connectivity index (χ4n) is 1.10. The van der Waals surface area contributed by atoms with Crippen molar-refractivity contribution < 1.29 is 4.42 Å². The van der Waals surface area contributed by atoms with Gasteiger partial charge in [-0.15, -0.1) is 0 Å². The van der Waals surface area contributed by atoms with Gasteiger partial charge < -0.3 is 9.73 Å². The van der Waals surface area contributed by atoms with Crippen LogP contribution in [0.5, 0.6) is 0 Å². The smallest absolute Gasteiger partial charge is 0.169 e. The molecule has 0 unspecified atom stereocenters. The van der Waals surface area contributed by atoms with E-state index in [0.717, 1.165) is 17.0 Å². The van der Waals surface area contributed by atoms with Crippen LogP contribution < -0.4 is 5.32 Å². The van der Waals surface area contributed by atoms with Crippen molar-refractivity contribution in [1.82, 2.24) is 5.32 Å². The van der Waals surface area contributed by atoms with Crippen LogP contribution >= 0.6 is 15.9 Å². The molecule has 0 spiro atoms. The standard InChI is InChI=1S/C12H18BrNO/c1-9(8-14-12(2,3)4)7-10-5-6-11(13)15-10/h5-7,14H,8H2,1-4H3. The van der Waals surface area contributed by atoms with Gasteiger partial charge in [-0.05, 0) is 61.8 Å². The summed E-state index contributed by atoms with van der Waals surface area (Å²) in [6, 6.07) is 3.85. The van der Waals surface area contributed by atoms with E-state index >= 15 is 0 Å². The predicted octanol–water partition coefficient (Wildman–Crippen LogP) is 3.83. The summed E-state index contributed by atoms with van der Waals surface area (Å²) >= 11 is 3.28. The fourth-order valence-corrected chi connectivity index (χ4v) is 1.42. The van der Waals surface area contributed by atoms with Crippen molar-refractivity contribution in [2.24, 2.45) is 0 Å². The van der Waals surface area contributed by atoms with Crippen molar-refractivity contribution in [2.45, 2.75) is 33.2 Å². The first-order chi connectivity index (χ1) is 6.87. The van der Waals surface area contributed by atoms with Crippen LogP contribution in [0.1, 0.15) is 33.5 Å². The summed E-state index contributed by atoms with van der Waals surface area (Å²) in [5.41, 5.74) is 1.41. The molecule has 0 atom stereocenters. The average molecular weight is 272 g/mol. The molecule has 1 heterocycles. The van der Waals surface area contributed by atoms with Crippen molar-refractivity contribution in [3.05, 3.63) is 28.1 Å². The molecule has 84 valence electrons. The van der Waals surface area contributed by atoms with E-state index in [0.29, 0.717) is 0 Å². The van der Waals surface area contributed by atoms with Gasteiger partial charge in [0.15, 0.2) is 4.67 Å². The molecule has 0 aliphatic heterocycles. The van der Waals surface area contributed by atoms with Crippen LogP contribution in [-0.2, 0) is 0 Å². The fraction of sp³-hybridized carbons (Fsp3) is 0.500. The van der Waals surface area contributed by atoms with Crippen LogP contribution in [0.3, 0.4) is 0 Å². The quantitative estimate of drug-likeness (QED) is 0.904. The van der Waals surface area contributed by atoms with Gasteiger partial charge in [-0.2, -0.15) is 0 Å². The summed E-state index contributed by atoms with van der Waals surface area (Å²) in [6.45, 7) is 9.44. The summed E-state index contributed by atoms with van der Waals surface area (Å²) in [7, 11) is 0. The molecule has 0 aromatic carbocycles. The van der Waals surface area contributed by atoms with Crippen molar-refractivity contribution in [3.63, 3.8) is 0 Å². The summed E-state index contributed by atoms with van der Waals surface area (Å²) in [5.74, 6) is 0.884. The normalized spacial score (nSPS) is 13.3. The first-order valence-electron chi connectivity index (χ1n) is 5.04. The van der Waals surface area contributed by atoms with Crippen LogP contribution in [0.25, 0.3) is 6.08 Å². The van der Waals surface area contributed by atoms with E-state index in [2.05, 4.69) is 48.9 Å². The lowest BCUT2D eigenvalue weighted by molar-refractivity contribution is 0.444. The monoisotopic (exact) mass is 271 g/mol. The summed E-state index contributed by atoms with van der Waals surface area (Å²) < 4.78 is 6.17. The van der Waals surface area contributed by atoms with Crippen LogP contribution in [0.2, 0.25) is 0 Å². The molecule has 0 amide bonds. The maximum atomic E-state index is 5.40. The number of nitrogens with one attached hydrogen (secondary N) is 1. The minimum absolute atomic E-state index is 0.152. The van der Waals surface area contributed by atoms with Gasteiger partial charge >= 0.3 is 0 Å². The van der Waals surface area contributed by atoms with Crippen molar-refractivity contribution >= 4 is 22.0 Å². The molecule has 15 heavy (non-hydrogen) atoms. The first-order valence-corrected chi connectivity index (χ1v) is 5.84. The molecule has 0 aliphatic rings. The number of halogens is 1.